The zero-order valence-electron chi connectivity index (χ0n) is 17.8. The van der Waals surface area contributed by atoms with Gasteiger partial charge >= 0.3 is 5.97 Å². The maximum atomic E-state index is 12.7. The van der Waals surface area contributed by atoms with Crippen LogP contribution in [0.25, 0.3) is 0 Å². The first-order chi connectivity index (χ1) is 14.9. The Morgan fingerprint density at radius 3 is 2.61 bits per heavy atom. The van der Waals surface area contributed by atoms with Crippen molar-refractivity contribution < 1.29 is 18.8 Å². The summed E-state index contributed by atoms with van der Waals surface area (Å²) in [6, 6.07) is 14.8. The number of amides is 1. The molecule has 0 unspecified atom stereocenters. The van der Waals surface area contributed by atoms with Crippen molar-refractivity contribution in [2.45, 2.75) is 44.1 Å². The zero-order valence-corrected chi connectivity index (χ0v) is 18.6. The van der Waals surface area contributed by atoms with Gasteiger partial charge in [-0.3, -0.25) is 4.79 Å². The lowest BCUT2D eigenvalue weighted by molar-refractivity contribution is -0.136. The van der Waals surface area contributed by atoms with Crippen molar-refractivity contribution in [2.75, 3.05) is 6.61 Å². The van der Waals surface area contributed by atoms with Crippen LogP contribution in [-0.2, 0) is 21.8 Å². The number of rotatable bonds is 9. The number of carbonyl (C=O) groups is 2. The minimum atomic E-state index is -0.580. The molecule has 1 amide bonds. The summed E-state index contributed by atoms with van der Waals surface area (Å²) in [5, 5.41) is 4.46. The molecule has 3 aromatic rings. The van der Waals surface area contributed by atoms with E-state index in [-0.39, 0.29) is 18.6 Å². The van der Waals surface area contributed by atoms with Gasteiger partial charge in [0.2, 0.25) is 0 Å². The van der Waals surface area contributed by atoms with Crippen molar-refractivity contribution in [2.24, 2.45) is 0 Å². The third-order valence-electron chi connectivity index (χ3n) is 4.49. The van der Waals surface area contributed by atoms with E-state index in [0.717, 1.165) is 17.0 Å². The maximum absolute atomic E-state index is 12.7. The minimum Gasteiger partial charge on any atom is -0.452 e. The number of hydrogen-bond acceptors (Lipinski definition) is 7. The first-order valence-corrected chi connectivity index (χ1v) is 10.9. The highest BCUT2D eigenvalue weighted by Gasteiger charge is 2.21. The smallest absolute Gasteiger partial charge is 0.341 e. The van der Waals surface area contributed by atoms with E-state index in [0.29, 0.717) is 22.9 Å². The Labute approximate surface area is 185 Å². The van der Waals surface area contributed by atoms with Gasteiger partial charge in [0.25, 0.3) is 5.91 Å². The molecule has 0 spiro atoms. The third kappa shape index (κ3) is 6.42. The van der Waals surface area contributed by atoms with Crippen molar-refractivity contribution >= 4 is 23.6 Å². The van der Waals surface area contributed by atoms with Gasteiger partial charge in [-0.05, 0) is 38.5 Å². The molecule has 0 fully saturated rings. The summed E-state index contributed by atoms with van der Waals surface area (Å²) in [4.78, 5) is 31.4. The molecule has 8 heteroatoms. The van der Waals surface area contributed by atoms with Gasteiger partial charge in [0.05, 0.1) is 11.3 Å². The van der Waals surface area contributed by atoms with Gasteiger partial charge < -0.3 is 14.2 Å². The summed E-state index contributed by atoms with van der Waals surface area (Å²) in [6.07, 6.45) is 1.61. The molecule has 7 nitrogen and oxygen atoms in total. The molecule has 162 valence electrons. The van der Waals surface area contributed by atoms with Gasteiger partial charge in [0, 0.05) is 30.6 Å². The van der Waals surface area contributed by atoms with Crippen LogP contribution >= 0.6 is 11.8 Å². The van der Waals surface area contributed by atoms with Crippen LogP contribution in [0.1, 0.15) is 41.2 Å². The van der Waals surface area contributed by atoms with Crippen molar-refractivity contribution in [3.63, 3.8) is 0 Å². The van der Waals surface area contributed by atoms with E-state index in [1.165, 1.54) is 11.8 Å². The number of esters is 1. The second kappa shape index (κ2) is 10.8. The highest BCUT2D eigenvalue weighted by atomic mass is 32.2. The number of ether oxygens (including phenoxy) is 1. The van der Waals surface area contributed by atoms with E-state index in [1.54, 1.807) is 23.2 Å². The summed E-state index contributed by atoms with van der Waals surface area (Å²) in [5.74, 6) is 0.401. The summed E-state index contributed by atoms with van der Waals surface area (Å²) >= 11 is 1.36. The quantitative estimate of drug-likeness (QED) is 0.364. The number of nitrogens with zero attached hydrogens (tertiary/aromatic N) is 3. The van der Waals surface area contributed by atoms with Gasteiger partial charge in [-0.2, -0.15) is 0 Å². The minimum absolute atomic E-state index is 0.0261. The molecule has 2 heterocycles. The Bertz CT molecular complexity index is 1020. The highest BCUT2D eigenvalue weighted by molar-refractivity contribution is 7.98. The second-order valence-electron chi connectivity index (χ2n) is 7.25. The molecule has 2 aromatic heterocycles. The average Bonchev–Trinajstić information content (AvgIpc) is 3.20. The summed E-state index contributed by atoms with van der Waals surface area (Å²) in [6.45, 7) is 5.82. The third-order valence-corrected chi connectivity index (χ3v) is 5.53. The number of hydrogen-bond donors (Lipinski definition) is 0. The van der Waals surface area contributed by atoms with Crippen LogP contribution in [0.5, 0.6) is 0 Å². The predicted molar refractivity (Wildman–Crippen MR) is 117 cm³/mol. The largest absolute Gasteiger partial charge is 0.452 e. The molecule has 1 aromatic carbocycles. The van der Waals surface area contributed by atoms with E-state index in [9.17, 15) is 9.59 Å². The molecule has 31 heavy (non-hydrogen) atoms. The fourth-order valence-corrected chi connectivity index (χ4v) is 3.78. The van der Waals surface area contributed by atoms with E-state index in [4.69, 9.17) is 9.26 Å². The first kappa shape index (κ1) is 22.6. The second-order valence-corrected chi connectivity index (χ2v) is 8.21. The monoisotopic (exact) mass is 439 g/mol. The van der Waals surface area contributed by atoms with Crippen LogP contribution in [0.3, 0.4) is 0 Å². The number of aryl methyl sites for hydroxylation is 1. The molecule has 0 aliphatic heterocycles. The molecular weight excluding hydrogens is 414 g/mol. The highest BCUT2D eigenvalue weighted by Crippen LogP contribution is 2.24. The Hall–Kier alpha value is -3.13. The fraction of sp³-hybridized carbons (Fsp3) is 0.304. The Morgan fingerprint density at radius 2 is 1.94 bits per heavy atom. The van der Waals surface area contributed by atoms with Gasteiger partial charge in [-0.25, -0.2) is 9.78 Å². The maximum Gasteiger partial charge on any atom is 0.341 e. The van der Waals surface area contributed by atoms with Crippen LogP contribution < -0.4 is 0 Å². The summed E-state index contributed by atoms with van der Waals surface area (Å²) in [5.41, 5.74) is 2.10. The van der Waals surface area contributed by atoms with Crippen molar-refractivity contribution in [3.05, 3.63) is 77.3 Å². The molecule has 0 saturated carbocycles. The lowest BCUT2D eigenvalue weighted by Gasteiger charge is -2.26. The van der Waals surface area contributed by atoms with Crippen LogP contribution in [0.2, 0.25) is 0 Å². The molecule has 0 saturated heterocycles. The van der Waals surface area contributed by atoms with Crippen molar-refractivity contribution in [1.82, 2.24) is 15.0 Å². The van der Waals surface area contributed by atoms with Gasteiger partial charge in [0.1, 0.15) is 10.8 Å². The Balaban J connectivity index is 1.61. The lowest BCUT2D eigenvalue weighted by atomic mass is 10.2. The number of aromatic nitrogens is 2. The molecule has 0 atom stereocenters. The molecule has 0 bridgehead atoms. The lowest BCUT2D eigenvalue weighted by Crippen LogP contribution is -2.39. The zero-order chi connectivity index (χ0) is 22.2. The first-order valence-electron chi connectivity index (χ1n) is 9.94. The number of pyridine rings is 1. The van der Waals surface area contributed by atoms with E-state index in [2.05, 4.69) is 10.1 Å². The summed E-state index contributed by atoms with van der Waals surface area (Å²) < 4.78 is 10.4. The van der Waals surface area contributed by atoms with E-state index in [1.807, 2.05) is 57.2 Å². The fourth-order valence-electron chi connectivity index (χ4n) is 2.92. The van der Waals surface area contributed by atoms with Crippen LogP contribution in [0.15, 0.2) is 64.3 Å². The SMILES string of the molecule is Cc1cc(CSc2ncccc2C(=O)OCC(=O)N(Cc2ccccc2)C(C)C)no1. The summed E-state index contributed by atoms with van der Waals surface area (Å²) in [7, 11) is 0. The number of carbonyl (C=O) groups excluding carboxylic acids is 2. The average molecular weight is 440 g/mol. The Kier molecular flexibility index (Phi) is 7.83. The van der Waals surface area contributed by atoms with Crippen LogP contribution in [-0.4, -0.2) is 39.6 Å². The van der Waals surface area contributed by atoms with Gasteiger partial charge in [-0.15, -0.1) is 0 Å². The normalized spacial score (nSPS) is 10.8. The molecule has 0 N–H and O–H groups in total. The van der Waals surface area contributed by atoms with Crippen LogP contribution in [0, 0.1) is 6.92 Å². The molecular formula is C23H25N3O4S. The molecule has 3 rings (SSSR count). The van der Waals surface area contributed by atoms with Gasteiger partial charge in [0.15, 0.2) is 6.61 Å². The van der Waals surface area contributed by atoms with E-state index >= 15 is 0 Å². The Morgan fingerprint density at radius 1 is 1.16 bits per heavy atom. The van der Waals surface area contributed by atoms with Crippen LogP contribution in [0.4, 0.5) is 0 Å². The van der Waals surface area contributed by atoms with Crippen molar-refractivity contribution in [3.8, 4) is 0 Å². The molecule has 0 aliphatic carbocycles. The number of benzene rings is 1. The molecule has 0 radical (unpaired) electrons. The predicted octanol–water partition coefficient (Wildman–Crippen LogP) is 4.26. The number of thioether (sulfide) groups is 1. The van der Waals surface area contributed by atoms with E-state index < -0.39 is 5.97 Å². The topological polar surface area (TPSA) is 85.5 Å². The molecule has 0 aliphatic rings. The van der Waals surface area contributed by atoms with Crippen molar-refractivity contribution in [1.29, 1.82) is 0 Å². The van der Waals surface area contributed by atoms with Gasteiger partial charge in [-0.1, -0.05) is 47.3 Å². The standard InChI is InChI=1S/C23H25N3O4S/c1-16(2)26(13-18-8-5-4-6-9-18)21(27)14-29-23(28)20-10-7-11-24-22(20)31-15-19-12-17(3)30-25-19/h4-12,16H,13-15H2,1-3H3.